The molecule has 0 saturated heterocycles. The Morgan fingerprint density at radius 1 is 1.55 bits per heavy atom. The summed E-state index contributed by atoms with van der Waals surface area (Å²) in [6.45, 7) is 3.66. The molecule has 0 aliphatic carbocycles. The minimum atomic E-state index is -0.122. The van der Waals surface area contributed by atoms with Crippen molar-refractivity contribution in [3.8, 4) is 0 Å². The number of unbranched alkanes of at least 4 members (excludes halogenated alkanes) is 2. The van der Waals surface area contributed by atoms with Gasteiger partial charge in [0.15, 0.2) is 0 Å². The summed E-state index contributed by atoms with van der Waals surface area (Å²) in [5.41, 5.74) is 0. The molecular weight excluding hydrogens is 261 g/mol. The van der Waals surface area contributed by atoms with E-state index in [4.69, 9.17) is 0 Å². The number of esters is 1. The van der Waals surface area contributed by atoms with Crippen LogP contribution in [0.4, 0.5) is 0 Å². The molecular formula is C7H13BrO2Zn. The second-order valence-corrected chi connectivity index (χ2v) is 1.89. The molecule has 0 N–H and O–H groups in total. The van der Waals surface area contributed by atoms with Crippen molar-refractivity contribution in [3.05, 3.63) is 6.92 Å². The van der Waals surface area contributed by atoms with Crippen LogP contribution in [0.2, 0.25) is 0 Å². The molecule has 0 aromatic rings. The Morgan fingerprint density at radius 2 is 2.09 bits per heavy atom. The van der Waals surface area contributed by atoms with Gasteiger partial charge >= 0.3 is 35.9 Å². The number of methoxy groups -OCH3 is 1. The molecule has 62 valence electrons. The minimum absolute atomic E-state index is 0.122. The molecule has 0 heterocycles. The van der Waals surface area contributed by atoms with Gasteiger partial charge < -0.3 is 11.7 Å². The third-order valence-corrected chi connectivity index (χ3v) is 1.11. The molecule has 0 aliphatic rings. The van der Waals surface area contributed by atoms with Gasteiger partial charge in [0, 0.05) is 6.42 Å². The summed E-state index contributed by atoms with van der Waals surface area (Å²) in [4.78, 5) is 10.4. The molecule has 0 saturated carbocycles. The van der Waals surface area contributed by atoms with Crippen molar-refractivity contribution in [2.45, 2.75) is 25.7 Å². The fourth-order valence-electron chi connectivity index (χ4n) is 0.548. The van der Waals surface area contributed by atoms with Crippen molar-refractivity contribution in [2.24, 2.45) is 0 Å². The van der Waals surface area contributed by atoms with E-state index in [2.05, 4.69) is 25.3 Å². The summed E-state index contributed by atoms with van der Waals surface area (Å²) in [6.07, 6.45) is 3.34. The standard InChI is InChI=1S/C7H13O2.BrH.Zn/c1-3-4-5-6-7(8)9-2;;/h1,3-6H2,2H3;1H;/q-1;;+2/p-1. The van der Waals surface area contributed by atoms with E-state index in [0.717, 1.165) is 19.3 Å². The molecule has 0 bridgehead atoms. The van der Waals surface area contributed by atoms with Crippen molar-refractivity contribution in [2.75, 3.05) is 7.11 Å². The van der Waals surface area contributed by atoms with Crippen LogP contribution >= 0.6 is 13.6 Å². The summed E-state index contributed by atoms with van der Waals surface area (Å²) in [7, 11) is 1.41. The maximum absolute atomic E-state index is 10.4. The van der Waals surface area contributed by atoms with E-state index in [1.54, 1.807) is 0 Å². The molecule has 0 aromatic carbocycles. The van der Waals surface area contributed by atoms with Crippen LogP contribution in [0, 0.1) is 6.92 Å². The molecule has 0 rings (SSSR count). The topological polar surface area (TPSA) is 26.3 Å². The van der Waals surface area contributed by atoms with Crippen LogP contribution in [0.5, 0.6) is 0 Å². The van der Waals surface area contributed by atoms with Crippen molar-refractivity contribution >= 4 is 19.6 Å². The Balaban J connectivity index is 0. The quantitative estimate of drug-likeness (QED) is 0.340. The number of carbonyl (C=O) groups is 1. The van der Waals surface area contributed by atoms with Crippen molar-refractivity contribution in [1.29, 1.82) is 0 Å². The van der Waals surface area contributed by atoms with Gasteiger partial charge in [0.05, 0.1) is 7.11 Å². The molecule has 0 aliphatic heterocycles. The summed E-state index contributed by atoms with van der Waals surface area (Å²) in [5.74, 6) is -0.122. The first-order valence-corrected chi connectivity index (χ1v) is 10.4. The number of halogens is 1. The predicted molar refractivity (Wildman–Crippen MR) is 44.8 cm³/mol. The molecule has 0 radical (unpaired) electrons. The second kappa shape index (κ2) is 13.2. The molecule has 0 aromatic heterocycles. The first-order valence-electron chi connectivity index (χ1n) is 3.44. The Hall–Kier alpha value is 0.573. The van der Waals surface area contributed by atoms with Gasteiger partial charge in [-0.3, -0.25) is 4.79 Å². The van der Waals surface area contributed by atoms with E-state index < -0.39 is 0 Å². The van der Waals surface area contributed by atoms with E-state index in [9.17, 15) is 4.79 Å². The van der Waals surface area contributed by atoms with Crippen LogP contribution in [0.3, 0.4) is 0 Å². The van der Waals surface area contributed by atoms with Crippen molar-refractivity contribution in [3.63, 3.8) is 0 Å². The average Bonchev–Trinajstić information content (AvgIpc) is 2.08. The zero-order valence-electron chi connectivity index (χ0n) is 6.94. The number of hydrogen-bond acceptors (Lipinski definition) is 2. The predicted octanol–water partition coefficient (Wildman–Crippen LogP) is 2.40. The van der Waals surface area contributed by atoms with Crippen LogP contribution in [-0.2, 0) is 25.9 Å². The van der Waals surface area contributed by atoms with E-state index in [1.165, 1.54) is 23.5 Å². The Kier molecular flexibility index (Phi) is 16.9. The van der Waals surface area contributed by atoms with Crippen LogP contribution in [0.1, 0.15) is 25.7 Å². The summed E-state index contributed by atoms with van der Waals surface area (Å²) in [5, 5.41) is 0. The van der Waals surface area contributed by atoms with Crippen LogP contribution in [0.25, 0.3) is 0 Å². The average molecular weight is 274 g/mol. The molecule has 11 heavy (non-hydrogen) atoms. The summed E-state index contributed by atoms with van der Waals surface area (Å²) in [6, 6.07) is 0. The van der Waals surface area contributed by atoms with Gasteiger partial charge in [-0.1, -0.05) is 6.42 Å². The normalized spacial score (nSPS) is 8.09. The van der Waals surface area contributed by atoms with Gasteiger partial charge in [-0.25, -0.2) is 0 Å². The van der Waals surface area contributed by atoms with Gasteiger partial charge in [0.2, 0.25) is 0 Å². The van der Waals surface area contributed by atoms with Crippen molar-refractivity contribution in [1.82, 2.24) is 0 Å². The third-order valence-electron chi connectivity index (χ3n) is 1.11. The van der Waals surface area contributed by atoms with Gasteiger partial charge in [0.1, 0.15) is 0 Å². The van der Waals surface area contributed by atoms with Gasteiger partial charge in [0.25, 0.3) is 0 Å². The molecule has 2 nitrogen and oxygen atoms in total. The Morgan fingerprint density at radius 3 is 2.45 bits per heavy atom. The van der Waals surface area contributed by atoms with Crippen molar-refractivity contribution < 1.29 is 25.9 Å². The SMILES string of the molecule is [CH2-]CCCCC(=O)OC.[Zn+][Br]. The fraction of sp³-hybridized carbons (Fsp3) is 0.714. The third kappa shape index (κ3) is 13.5. The van der Waals surface area contributed by atoms with Gasteiger partial charge in [-0.15, -0.1) is 0 Å². The van der Waals surface area contributed by atoms with Gasteiger partial charge in [-0.2, -0.15) is 6.42 Å². The van der Waals surface area contributed by atoms with E-state index >= 15 is 0 Å². The molecule has 0 atom stereocenters. The van der Waals surface area contributed by atoms with E-state index in [0.29, 0.717) is 6.42 Å². The molecule has 4 heteroatoms. The van der Waals surface area contributed by atoms with E-state index in [-0.39, 0.29) is 5.97 Å². The van der Waals surface area contributed by atoms with Crippen LogP contribution in [0.15, 0.2) is 0 Å². The number of carbonyl (C=O) groups excluding carboxylic acids is 1. The zero-order chi connectivity index (χ0) is 9.11. The first-order chi connectivity index (χ1) is 5.31. The summed E-state index contributed by atoms with van der Waals surface area (Å²) < 4.78 is 4.44. The molecule has 0 spiro atoms. The zero-order valence-corrected chi connectivity index (χ0v) is 11.5. The number of hydrogen-bond donors (Lipinski definition) is 0. The Bertz CT molecular complexity index is 88.5. The molecule has 0 unspecified atom stereocenters. The maximum atomic E-state index is 10.4. The second-order valence-electron chi connectivity index (χ2n) is 1.89. The summed E-state index contributed by atoms with van der Waals surface area (Å²) >= 11 is 4.25. The van der Waals surface area contributed by atoms with Crippen LogP contribution < -0.4 is 0 Å². The number of ether oxygens (including phenoxy) is 1. The van der Waals surface area contributed by atoms with Gasteiger partial charge in [-0.05, 0) is 6.42 Å². The Labute approximate surface area is 85.1 Å². The van der Waals surface area contributed by atoms with E-state index in [1.807, 2.05) is 0 Å². The van der Waals surface area contributed by atoms with Crippen LogP contribution in [-0.4, -0.2) is 13.1 Å². The monoisotopic (exact) mass is 272 g/mol. The fourth-order valence-corrected chi connectivity index (χ4v) is 0.548. The first kappa shape index (κ1) is 14.1. The number of rotatable bonds is 4. The molecule has 0 amide bonds. The molecule has 0 fully saturated rings.